The van der Waals surface area contributed by atoms with Crippen molar-refractivity contribution in [3.05, 3.63) is 24.1 Å². The maximum atomic E-state index is 10.3. The van der Waals surface area contributed by atoms with Crippen LogP contribution in [0.15, 0.2) is 22.7 Å². The summed E-state index contributed by atoms with van der Waals surface area (Å²) in [5.74, 6) is 0.894. The molecule has 0 aliphatic rings. The van der Waals surface area contributed by atoms with Crippen LogP contribution in [0.25, 0.3) is 11.5 Å². The van der Waals surface area contributed by atoms with Gasteiger partial charge in [-0.25, -0.2) is 4.68 Å². The third-order valence-corrected chi connectivity index (χ3v) is 1.71. The molecule has 0 saturated heterocycles. The highest BCUT2D eigenvalue weighted by atomic mass is 16.3. The minimum atomic E-state index is 0.302. The maximum Gasteiger partial charge on any atom is 0.185 e. The predicted octanol–water partition coefficient (Wildman–Crippen LogP) is 0.888. The van der Waals surface area contributed by atoms with Crippen LogP contribution in [0.5, 0.6) is 0 Å². The van der Waals surface area contributed by atoms with E-state index in [1.165, 1.54) is 0 Å². The number of rotatable bonds is 2. The number of aldehydes is 1. The number of carbonyl (C=O) groups is 1. The Bertz CT molecular complexity index is 430. The first kappa shape index (κ1) is 7.72. The molecule has 2 rings (SSSR count). The lowest BCUT2D eigenvalue weighted by Crippen LogP contribution is -1.92. The van der Waals surface area contributed by atoms with Crippen LogP contribution in [0.1, 0.15) is 10.6 Å². The van der Waals surface area contributed by atoms with E-state index in [1.807, 2.05) is 0 Å². The molecule has 0 aliphatic carbocycles. The normalized spacial score (nSPS) is 10.2. The van der Waals surface area contributed by atoms with Crippen LogP contribution in [0.2, 0.25) is 0 Å². The molecule has 0 unspecified atom stereocenters. The molecule has 0 N–H and O–H groups in total. The number of carbonyl (C=O) groups excluding carboxylic acids is 1. The molecule has 66 valence electrons. The van der Waals surface area contributed by atoms with Crippen molar-refractivity contribution in [2.75, 3.05) is 0 Å². The van der Waals surface area contributed by atoms with Crippen LogP contribution in [-0.2, 0) is 7.05 Å². The van der Waals surface area contributed by atoms with E-state index in [9.17, 15) is 4.79 Å². The molecule has 0 bridgehead atoms. The highest BCUT2D eigenvalue weighted by Gasteiger charge is 2.07. The molecule has 0 radical (unpaired) electrons. The second kappa shape index (κ2) is 2.85. The third-order valence-electron chi connectivity index (χ3n) is 1.71. The maximum absolute atomic E-state index is 10.3. The van der Waals surface area contributed by atoms with Crippen molar-refractivity contribution in [3.8, 4) is 11.5 Å². The molecule has 0 spiro atoms. The van der Waals surface area contributed by atoms with E-state index >= 15 is 0 Å². The second-order valence-corrected chi connectivity index (χ2v) is 2.56. The van der Waals surface area contributed by atoms with Crippen LogP contribution in [-0.4, -0.2) is 21.3 Å². The fraction of sp³-hybridized carbons (Fsp3) is 0.125. The summed E-state index contributed by atoms with van der Waals surface area (Å²) in [6.07, 6.45) is 2.24. The molecule has 2 heterocycles. The Balaban J connectivity index is 2.46. The number of aromatic nitrogens is 3. The van der Waals surface area contributed by atoms with Crippen LogP contribution < -0.4 is 0 Å². The predicted molar refractivity (Wildman–Crippen MR) is 44.1 cm³/mol. The molecule has 0 aromatic carbocycles. The van der Waals surface area contributed by atoms with Gasteiger partial charge in [0.05, 0.1) is 6.20 Å². The van der Waals surface area contributed by atoms with Gasteiger partial charge in [0.1, 0.15) is 5.69 Å². The van der Waals surface area contributed by atoms with Gasteiger partial charge in [-0.15, -0.1) is 5.10 Å². The summed E-state index contributed by atoms with van der Waals surface area (Å²) < 4.78 is 6.77. The standard InChI is InChI=1S/C8H7N3O2/c1-11-7(4-9-10-11)8-3-2-6(5-12)13-8/h2-5H,1H3. The van der Waals surface area contributed by atoms with Crippen molar-refractivity contribution in [3.63, 3.8) is 0 Å². The fourth-order valence-electron chi connectivity index (χ4n) is 1.07. The smallest absolute Gasteiger partial charge is 0.185 e. The molecule has 2 aromatic rings. The van der Waals surface area contributed by atoms with Gasteiger partial charge in [0, 0.05) is 7.05 Å². The first-order chi connectivity index (χ1) is 6.31. The van der Waals surface area contributed by atoms with E-state index in [-0.39, 0.29) is 0 Å². The summed E-state index contributed by atoms with van der Waals surface area (Å²) in [4.78, 5) is 10.3. The molecule has 5 heteroatoms. The van der Waals surface area contributed by atoms with Gasteiger partial charge in [-0.3, -0.25) is 4.79 Å². The molecular formula is C8H7N3O2. The van der Waals surface area contributed by atoms with Gasteiger partial charge in [0.15, 0.2) is 17.8 Å². The number of hydrogen-bond acceptors (Lipinski definition) is 4. The summed E-state index contributed by atoms with van der Waals surface area (Å²) in [5, 5.41) is 7.44. The summed E-state index contributed by atoms with van der Waals surface area (Å²) in [6.45, 7) is 0. The minimum absolute atomic E-state index is 0.302. The van der Waals surface area contributed by atoms with E-state index in [0.29, 0.717) is 17.8 Å². The van der Waals surface area contributed by atoms with E-state index in [0.717, 1.165) is 5.69 Å². The largest absolute Gasteiger partial charge is 0.452 e. The van der Waals surface area contributed by atoms with Gasteiger partial charge in [0.25, 0.3) is 0 Å². The zero-order valence-electron chi connectivity index (χ0n) is 6.97. The summed E-state index contributed by atoms with van der Waals surface area (Å²) in [7, 11) is 1.76. The number of hydrogen-bond donors (Lipinski definition) is 0. The van der Waals surface area contributed by atoms with Gasteiger partial charge in [0.2, 0.25) is 0 Å². The first-order valence-electron chi connectivity index (χ1n) is 3.71. The number of furan rings is 1. The van der Waals surface area contributed by atoms with Crippen LogP contribution in [0, 0.1) is 0 Å². The Morgan fingerprint density at radius 3 is 2.92 bits per heavy atom. The van der Waals surface area contributed by atoms with Gasteiger partial charge < -0.3 is 4.42 Å². The summed E-state index contributed by atoms with van der Waals surface area (Å²) in [6, 6.07) is 3.32. The fourth-order valence-corrected chi connectivity index (χ4v) is 1.07. The van der Waals surface area contributed by atoms with Crippen molar-refractivity contribution in [2.24, 2.45) is 7.05 Å². The van der Waals surface area contributed by atoms with Crippen molar-refractivity contribution < 1.29 is 9.21 Å². The second-order valence-electron chi connectivity index (χ2n) is 2.56. The molecule has 2 aromatic heterocycles. The van der Waals surface area contributed by atoms with E-state index in [4.69, 9.17) is 4.42 Å². The van der Waals surface area contributed by atoms with Crippen LogP contribution in [0.4, 0.5) is 0 Å². The Morgan fingerprint density at radius 1 is 1.54 bits per heavy atom. The average molecular weight is 177 g/mol. The monoisotopic (exact) mass is 177 g/mol. The molecule has 13 heavy (non-hydrogen) atoms. The lowest BCUT2D eigenvalue weighted by atomic mass is 10.3. The molecular weight excluding hydrogens is 170 g/mol. The van der Waals surface area contributed by atoms with Gasteiger partial charge in [-0.2, -0.15) is 0 Å². The third kappa shape index (κ3) is 1.24. The van der Waals surface area contributed by atoms with E-state index < -0.39 is 0 Å². The zero-order valence-corrected chi connectivity index (χ0v) is 6.97. The highest BCUT2D eigenvalue weighted by molar-refractivity contribution is 5.72. The van der Waals surface area contributed by atoms with Crippen molar-refractivity contribution in [1.82, 2.24) is 15.0 Å². The summed E-state index contributed by atoms with van der Waals surface area (Å²) in [5.41, 5.74) is 0.744. The number of aryl methyl sites for hydroxylation is 1. The van der Waals surface area contributed by atoms with Crippen molar-refractivity contribution >= 4 is 6.29 Å². The zero-order chi connectivity index (χ0) is 9.26. The topological polar surface area (TPSA) is 60.9 Å². The molecule has 0 saturated carbocycles. The molecule has 0 amide bonds. The number of nitrogens with zero attached hydrogens (tertiary/aromatic N) is 3. The SMILES string of the molecule is Cn1nncc1-c1ccc(C=O)o1. The van der Waals surface area contributed by atoms with E-state index in [1.54, 1.807) is 30.1 Å². The van der Waals surface area contributed by atoms with Gasteiger partial charge >= 0.3 is 0 Å². The Morgan fingerprint density at radius 2 is 2.38 bits per heavy atom. The van der Waals surface area contributed by atoms with Crippen molar-refractivity contribution in [2.45, 2.75) is 0 Å². The minimum Gasteiger partial charge on any atom is -0.452 e. The first-order valence-corrected chi connectivity index (χ1v) is 3.71. The lowest BCUT2D eigenvalue weighted by Gasteiger charge is -1.93. The van der Waals surface area contributed by atoms with Gasteiger partial charge in [-0.05, 0) is 12.1 Å². The lowest BCUT2D eigenvalue weighted by molar-refractivity contribution is 0.110. The average Bonchev–Trinajstić information content (AvgIpc) is 2.71. The molecule has 5 nitrogen and oxygen atoms in total. The van der Waals surface area contributed by atoms with Crippen LogP contribution >= 0.6 is 0 Å². The molecule has 0 fully saturated rings. The quantitative estimate of drug-likeness (QED) is 0.639. The van der Waals surface area contributed by atoms with E-state index in [2.05, 4.69) is 10.3 Å². The molecule has 0 aliphatic heterocycles. The van der Waals surface area contributed by atoms with Crippen molar-refractivity contribution in [1.29, 1.82) is 0 Å². The highest BCUT2D eigenvalue weighted by Crippen LogP contribution is 2.19. The van der Waals surface area contributed by atoms with Gasteiger partial charge in [-0.1, -0.05) is 5.21 Å². The van der Waals surface area contributed by atoms with Crippen LogP contribution in [0.3, 0.4) is 0 Å². The Labute approximate surface area is 74.0 Å². The molecule has 0 atom stereocenters. The summed E-state index contributed by atoms with van der Waals surface area (Å²) >= 11 is 0. The Hall–Kier alpha value is -1.91. The Kier molecular flexibility index (Phi) is 1.70.